The molecule has 0 spiro atoms. The summed E-state index contributed by atoms with van der Waals surface area (Å²) in [5.74, 6) is 1.02. The molecule has 0 aliphatic carbocycles. The van der Waals surface area contributed by atoms with Gasteiger partial charge in [0.1, 0.15) is 5.75 Å². The SMILES string of the molecule is COc1ccc(NC(=O)C2CCN(C)C2)cc1. The summed E-state index contributed by atoms with van der Waals surface area (Å²) in [6, 6.07) is 7.40. The van der Waals surface area contributed by atoms with Crippen LogP contribution in [0, 0.1) is 5.92 Å². The van der Waals surface area contributed by atoms with Gasteiger partial charge in [-0.05, 0) is 44.3 Å². The number of carbonyl (C=O) groups is 1. The summed E-state index contributed by atoms with van der Waals surface area (Å²) in [4.78, 5) is 14.1. The second-order valence-corrected chi connectivity index (χ2v) is 4.47. The van der Waals surface area contributed by atoms with E-state index in [4.69, 9.17) is 4.74 Å². The van der Waals surface area contributed by atoms with E-state index in [0.29, 0.717) is 0 Å². The first kappa shape index (κ1) is 11.9. The number of anilines is 1. The number of carbonyl (C=O) groups excluding carboxylic acids is 1. The third kappa shape index (κ3) is 2.97. The van der Waals surface area contributed by atoms with Crippen molar-refractivity contribution >= 4 is 11.6 Å². The topological polar surface area (TPSA) is 41.6 Å². The van der Waals surface area contributed by atoms with E-state index in [1.54, 1.807) is 7.11 Å². The normalized spacial score (nSPS) is 20.2. The van der Waals surface area contributed by atoms with Crippen LogP contribution in [0.2, 0.25) is 0 Å². The Morgan fingerprint density at radius 2 is 2.12 bits per heavy atom. The molecule has 4 nitrogen and oxygen atoms in total. The highest BCUT2D eigenvalue weighted by Crippen LogP contribution is 2.19. The zero-order valence-corrected chi connectivity index (χ0v) is 10.3. The Labute approximate surface area is 102 Å². The number of nitrogens with one attached hydrogen (secondary N) is 1. The lowest BCUT2D eigenvalue weighted by atomic mass is 10.1. The van der Waals surface area contributed by atoms with Crippen LogP contribution in [0.25, 0.3) is 0 Å². The summed E-state index contributed by atoms with van der Waals surface area (Å²) < 4.78 is 5.07. The number of methoxy groups -OCH3 is 1. The molecule has 1 amide bonds. The van der Waals surface area contributed by atoms with Gasteiger partial charge in [-0.15, -0.1) is 0 Å². The monoisotopic (exact) mass is 234 g/mol. The average Bonchev–Trinajstić information content (AvgIpc) is 2.77. The summed E-state index contributed by atoms with van der Waals surface area (Å²) in [5, 5.41) is 2.93. The molecule has 1 unspecified atom stereocenters. The zero-order valence-electron chi connectivity index (χ0n) is 10.3. The van der Waals surface area contributed by atoms with Gasteiger partial charge < -0.3 is 15.0 Å². The van der Waals surface area contributed by atoms with Gasteiger partial charge in [0.2, 0.25) is 5.91 Å². The second-order valence-electron chi connectivity index (χ2n) is 4.47. The highest BCUT2D eigenvalue weighted by molar-refractivity contribution is 5.92. The second kappa shape index (κ2) is 5.19. The number of hydrogen-bond acceptors (Lipinski definition) is 3. The number of benzene rings is 1. The fraction of sp³-hybridized carbons (Fsp3) is 0.462. The number of likely N-dealkylation sites (tertiary alicyclic amines) is 1. The molecule has 0 saturated carbocycles. The number of nitrogens with zero attached hydrogens (tertiary/aromatic N) is 1. The first-order valence-electron chi connectivity index (χ1n) is 5.82. The van der Waals surface area contributed by atoms with Crippen LogP contribution in [0.4, 0.5) is 5.69 Å². The minimum absolute atomic E-state index is 0.111. The highest BCUT2D eigenvalue weighted by Gasteiger charge is 2.25. The molecule has 1 aromatic carbocycles. The maximum Gasteiger partial charge on any atom is 0.228 e. The van der Waals surface area contributed by atoms with Crippen LogP contribution in [0.15, 0.2) is 24.3 Å². The molecule has 1 aliphatic heterocycles. The lowest BCUT2D eigenvalue weighted by molar-refractivity contribution is -0.119. The van der Waals surface area contributed by atoms with Gasteiger partial charge in [-0.3, -0.25) is 4.79 Å². The summed E-state index contributed by atoms with van der Waals surface area (Å²) in [6.07, 6.45) is 0.943. The zero-order chi connectivity index (χ0) is 12.3. The summed E-state index contributed by atoms with van der Waals surface area (Å²) in [6.45, 7) is 1.85. The van der Waals surface area contributed by atoms with Gasteiger partial charge in [-0.1, -0.05) is 0 Å². The molecule has 0 aromatic heterocycles. The van der Waals surface area contributed by atoms with Crippen molar-refractivity contribution in [1.29, 1.82) is 0 Å². The molecule has 17 heavy (non-hydrogen) atoms. The van der Waals surface area contributed by atoms with E-state index < -0.39 is 0 Å². The van der Waals surface area contributed by atoms with Crippen molar-refractivity contribution in [1.82, 2.24) is 4.90 Å². The maximum atomic E-state index is 11.9. The molecule has 2 rings (SSSR count). The highest BCUT2D eigenvalue weighted by atomic mass is 16.5. The quantitative estimate of drug-likeness (QED) is 0.863. The van der Waals surface area contributed by atoms with E-state index in [1.165, 1.54) is 0 Å². The first-order valence-corrected chi connectivity index (χ1v) is 5.82. The van der Waals surface area contributed by atoms with Crippen molar-refractivity contribution in [2.24, 2.45) is 5.92 Å². The molecule has 1 heterocycles. The summed E-state index contributed by atoms with van der Waals surface area (Å²) in [7, 11) is 3.67. The smallest absolute Gasteiger partial charge is 0.228 e. The summed E-state index contributed by atoms with van der Waals surface area (Å²) in [5.41, 5.74) is 0.824. The van der Waals surface area contributed by atoms with Crippen LogP contribution in [-0.4, -0.2) is 38.1 Å². The molecular formula is C13H18N2O2. The van der Waals surface area contributed by atoms with Crippen molar-refractivity contribution in [3.63, 3.8) is 0 Å². The molecule has 1 aliphatic rings. The fourth-order valence-electron chi connectivity index (χ4n) is 2.07. The van der Waals surface area contributed by atoms with Crippen LogP contribution < -0.4 is 10.1 Å². The standard InChI is InChI=1S/C13H18N2O2/c1-15-8-7-10(9-15)13(16)14-11-3-5-12(17-2)6-4-11/h3-6,10H,7-9H2,1-2H3,(H,14,16). The van der Waals surface area contributed by atoms with Crippen LogP contribution in [0.3, 0.4) is 0 Å². The van der Waals surface area contributed by atoms with Crippen LogP contribution in [0.5, 0.6) is 5.75 Å². The van der Waals surface area contributed by atoms with E-state index in [-0.39, 0.29) is 11.8 Å². The molecule has 4 heteroatoms. The Morgan fingerprint density at radius 3 is 2.65 bits per heavy atom. The lowest BCUT2D eigenvalue weighted by Crippen LogP contribution is -2.25. The Kier molecular flexibility index (Phi) is 3.64. The first-order chi connectivity index (χ1) is 8.19. The van der Waals surface area contributed by atoms with E-state index in [9.17, 15) is 4.79 Å². The molecule has 0 radical (unpaired) electrons. The van der Waals surface area contributed by atoms with Crippen LogP contribution in [-0.2, 0) is 4.79 Å². The largest absolute Gasteiger partial charge is 0.497 e. The maximum absolute atomic E-state index is 11.9. The Balaban J connectivity index is 1.93. The molecule has 92 valence electrons. The van der Waals surface area contributed by atoms with E-state index in [2.05, 4.69) is 10.2 Å². The van der Waals surface area contributed by atoms with Crippen molar-refractivity contribution in [3.8, 4) is 5.75 Å². The Bertz CT molecular complexity index is 389. The van der Waals surface area contributed by atoms with E-state index in [1.807, 2.05) is 31.3 Å². The molecule has 1 atom stereocenters. The van der Waals surface area contributed by atoms with Crippen molar-refractivity contribution in [2.45, 2.75) is 6.42 Å². The molecular weight excluding hydrogens is 216 g/mol. The van der Waals surface area contributed by atoms with Crippen LogP contribution in [0.1, 0.15) is 6.42 Å². The fourth-order valence-corrected chi connectivity index (χ4v) is 2.07. The number of amides is 1. The Hall–Kier alpha value is -1.55. The van der Waals surface area contributed by atoms with E-state index >= 15 is 0 Å². The molecule has 1 N–H and O–H groups in total. The third-order valence-corrected chi connectivity index (χ3v) is 3.12. The molecule has 0 bridgehead atoms. The third-order valence-electron chi connectivity index (χ3n) is 3.12. The van der Waals surface area contributed by atoms with Crippen molar-refractivity contribution in [2.75, 3.05) is 32.6 Å². The van der Waals surface area contributed by atoms with E-state index in [0.717, 1.165) is 30.9 Å². The van der Waals surface area contributed by atoms with Gasteiger partial charge in [0.15, 0.2) is 0 Å². The predicted molar refractivity (Wildman–Crippen MR) is 67.2 cm³/mol. The van der Waals surface area contributed by atoms with Gasteiger partial charge in [-0.2, -0.15) is 0 Å². The number of ether oxygens (including phenoxy) is 1. The van der Waals surface area contributed by atoms with Gasteiger partial charge in [0.05, 0.1) is 13.0 Å². The number of rotatable bonds is 3. The predicted octanol–water partition coefficient (Wildman–Crippen LogP) is 1.59. The van der Waals surface area contributed by atoms with Gasteiger partial charge in [0, 0.05) is 12.2 Å². The minimum atomic E-state index is 0.111. The average molecular weight is 234 g/mol. The Morgan fingerprint density at radius 1 is 1.41 bits per heavy atom. The van der Waals surface area contributed by atoms with Crippen molar-refractivity contribution in [3.05, 3.63) is 24.3 Å². The molecule has 1 aromatic rings. The molecule has 1 saturated heterocycles. The van der Waals surface area contributed by atoms with Crippen molar-refractivity contribution < 1.29 is 9.53 Å². The summed E-state index contributed by atoms with van der Waals surface area (Å²) >= 11 is 0. The van der Waals surface area contributed by atoms with Gasteiger partial charge in [0.25, 0.3) is 0 Å². The number of hydrogen-bond donors (Lipinski definition) is 1. The van der Waals surface area contributed by atoms with Crippen LogP contribution >= 0.6 is 0 Å². The molecule has 1 fully saturated rings. The minimum Gasteiger partial charge on any atom is -0.497 e. The van der Waals surface area contributed by atoms with Gasteiger partial charge >= 0.3 is 0 Å². The lowest BCUT2D eigenvalue weighted by Gasteiger charge is -2.11. The van der Waals surface area contributed by atoms with Gasteiger partial charge in [-0.25, -0.2) is 0 Å².